The molecule has 85 heavy (non-hydrogen) atoms. The summed E-state index contributed by atoms with van der Waals surface area (Å²) in [5.74, 6) is -0.509. The Kier molecular flexibility index (Phi) is 19.8. The number of anilines is 3. The molecule has 0 saturated carbocycles. The van der Waals surface area contributed by atoms with E-state index >= 15 is 0 Å². The molecule has 11 N–H and O–H groups in total. The number of imidazole rings is 3. The molecular weight excluding hydrogens is 1210 g/mol. The molecule has 10 rings (SSSR count). The summed E-state index contributed by atoms with van der Waals surface area (Å²) in [4.78, 5) is 83.4. The quantitative estimate of drug-likeness (QED) is 0.0190. The van der Waals surface area contributed by atoms with Gasteiger partial charge in [-0.2, -0.15) is 0 Å². The molecule has 10 heterocycles. The molecule has 15 atom stereocenters. The van der Waals surface area contributed by atoms with Crippen molar-refractivity contribution >= 4 is 90.7 Å². The van der Waals surface area contributed by atoms with E-state index in [0.717, 1.165) is 44.8 Å². The third-order valence-electron chi connectivity index (χ3n) is 14.7. The number of ether oxygens (including phenoxy) is 6. The lowest BCUT2D eigenvalue weighted by Crippen LogP contribution is -2.51. The van der Waals surface area contributed by atoms with Gasteiger partial charge in [0.05, 0.1) is 38.8 Å². The second-order valence-electron chi connectivity index (χ2n) is 20.4. The molecule has 6 aromatic heterocycles. The lowest BCUT2D eigenvalue weighted by Gasteiger charge is -2.38. The highest BCUT2D eigenvalue weighted by Gasteiger charge is 2.60. The Morgan fingerprint density at radius 3 is 1.81 bits per heavy atom. The molecule has 0 aliphatic carbocycles. The molecule has 6 aromatic rings. The summed E-state index contributed by atoms with van der Waals surface area (Å²) in [6, 6.07) is 0. The van der Waals surface area contributed by atoms with Crippen molar-refractivity contribution in [2.75, 3.05) is 63.1 Å². The van der Waals surface area contributed by atoms with Crippen molar-refractivity contribution in [1.29, 1.82) is 0 Å². The molecule has 4 saturated heterocycles. The van der Waals surface area contributed by atoms with Crippen LogP contribution in [0.4, 0.5) is 17.5 Å². The Morgan fingerprint density at radius 1 is 0.682 bits per heavy atom. The largest absolute Gasteiger partial charge is 0.472 e. The number of aromatic nitrogens is 12. The Hall–Kier alpha value is -5.04. The molecule has 0 spiro atoms. The van der Waals surface area contributed by atoms with Crippen LogP contribution in [-0.4, -0.2) is 190 Å². The van der Waals surface area contributed by atoms with Crippen molar-refractivity contribution in [3.63, 3.8) is 0 Å². The van der Waals surface area contributed by atoms with Crippen LogP contribution in [0.15, 0.2) is 38.0 Å². The van der Waals surface area contributed by atoms with E-state index < -0.39 is 121 Å². The Bertz CT molecular complexity index is 3450. The van der Waals surface area contributed by atoms with Gasteiger partial charge in [-0.05, 0) is 30.6 Å². The molecule has 6 unspecified atom stereocenters. The summed E-state index contributed by atoms with van der Waals surface area (Å²) in [5.41, 5.74) is 17.4. The van der Waals surface area contributed by atoms with Crippen LogP contribution >= 0.6 is 33.8 Å². The maximum Gasteiger partial charge on any atom is 0.472 e. The summed E-state index contributed by atoms with van der Waals surface area (Å²) in [7, 11) is -9.52. The van der Waals surface area contributed by atoms with Gasteiger partial charge in [-0.15, -0.1) is 0 Å². The summed E-state index contributed by atoms with van der Waals surface area (Å²) in [6.07, 6.45) is -1.36. The minimum atomic E-state index is -5.39. The Morgan fingerprint density at radius 2 is 1.21 bits per heavy atom. The highest BCUT2D eigenvalue weighted by molar-refractivity contribution is 8.54. The van der Waals surface area contributed by atoms with Crippen LogP contribution in [0, 0.1) is 0 Å². The monoisotopic (exact) mass is 1270 g/mol. The van der Waals surface area contributed by atoms with Crippen molar-refractivity contribution in [2.45, 2.75) is 144 Å². The number of rotatable bonds is 29. The van der Waals surface area contributed by atoms with Gasteiger partial charge in [0.1, 0.15) is 96.6 Å². The van der Waals surface area contributed by atoms with Crippen molar-refractivity contribution in [3.05, 3.63) is 38.0 Å². The first-order valence-corrected chi connectivity index (χ1v) is 33.3. The van der Waals surface area contributed by atoms with Crippen molar-refractivity contribution in [2.24, 2.45) is 0 Å². The zero-order chi connectivity index (χ0) is 60.3. The first-order valence-electron chi connectivity index (χ1n) is 27.1. The van der Waals surface area contributed by atoms with Gasteiger partial charge in [0.2, 0.25) is 0 Å². The van der Waals surface area contributed by atoms with E-state index in [1.54, 1.807) is 0 Å². The summed E-state index contributed by atoms with van der Waals surface area (Å²) in [6.45, 7) is -4.58. The molecule has 0 aromatic carbocycles. The van der Waals surface area contributed by atoms with Crippen molar-refractivity contribution in [3.8, 4) is 0 Å². The third-order valence-corrected chi connectivity index (χ3v) is 19.7. The number of unbranched alkanes of at least 4 members (excludes halogenated alkanes) is 6. The van der Waals surface area contributed by atoms with Gasteiger partial charge in [-0.25, -0.2) is 58.6 Å². The summed E-state index contributed by atoms with van der Waals surface area (Å²) >= 11 is 0.511. The van der Waals surface area contributed by atoms with Gasteiger partial charge in [0.25, 0.3) is 0 Å². The SMILES string of the molecule is CCCCCCCCCC(=O)OCCSP(=O)(O)OC[C@H]1O[C@@H](n2cnc3c(N)ncnc32)[C@@H](OP(=O)(O)OC[C@H]2O[C@@H](n3cnc4c(N)ncnc43)[C@@H](OP(=O)(O)OC[C@]34CCCOC3[C@H](O)[C@H](n3cnc5c(N)ncnc53)O4)C2O)C1OC. The average molecular weight is 1270 g/mol. The summed E-state index contributed by atoms with van der Waals surface area (Å²) < 4.78 is 109. The van der Waals surface area contributed by atoms with E-state index in [0.29, 0.717) is 24.2 Å². The van der Waals surface area contributed by atoms with E-state index in [1.165, 1.54) is 52.5 Å². The van der Waals surface area contributed by atoms with Gasteiger partial charge < -0.3 is 70.5 Å². The van der Waals surface area contributed by atoms with Crippen LogP contribution < -0.4 is 17.2 Å². The number of carbonyl (C=O) groups excluding carboxylic acids is 1. The third kappa shape index (κ3) is 14.0. The molecule has 35 nitrogen and oxygen atoms in total. The van der Waals surface area contributed by atoms with Gasteiger partial charge in [-0.1, -0.05) is 45.4 Å². The topological polar surface area (TPSA) is 480 Å². The number of nitrogen functional groups attached to an aromatic ring is 3. The number of esters is 1. The molecule has 4 fully saturated rings. The normalized spacial score (nSPS) is 29.1. The van der Waals surface area contributed by atoms with Crippen LogP contribution in [0.1, 0.15) is 89.8 Å². The fraction of sp³-hybridized carbons (Fsp3) is 0.652. The molecule has 4 aliphatic rings. The smallest absolute Gasteiger partial charge is 0.465 e. The molecule has 0 bridgehead atoms. The van der Waals surface area contributed by atoms with E-state index in [-0.39, 0.29) is 82.8 Å². The number of nitrogens with zero attached hydrogens (tertiary/aromatic N) is 12. The van der Waals surface area contributed by atoms with Gasteiger partial charge in [0.15, 0.2) is 53.1 Å². The molecule has 0 radical (unpaired) electrons. The number of aliphatic hydroxyl groups is 2. The summed E-state index contributed by atoms with van der Waals surface area (Å²) in [5, 5.41) is 23.5. The number of phosphoric acid groups is 2. The van der Waals surface area contributed by atoms with Crippen LogP contribution in [0.5, 0.6) is 0 Å². The van der Waals surface area contributed by atoms with E-state index in [1.807, 2.05) is 0 Å². The van der Waals surface area contributed by atoms with Gasteiger partial charge in [-0.3, -0.25) is 41.1 Å². The number of nitrogens with two attached hydrogens (primary N) is 3. The lowest BCUT2D eigenvalue weighted by atomic mass is 9.89. The minimum absolute atomic E-state index is 0.0192. The fourth-order valence-corrected chi connectivity index (χ4v) is 14.7. The predicted molar refractivity (Wildman–Crippen MR) is 295 cm³/mol. The average Bonchev–Trinajstić information content (AvgIpc) is 1.81. The lowest BCUT2D eigenvalue weighted by molar-refractivity contribution is -0.165. The van der Waals surface area contributed by atoms with Crippen LogP contribution in [0.25, 0.3) is 33.5 Å². The Balaban J connectivity index is 0.817. The van der Waals surface area contributed by atoms with Crippen molar-refractivity contribution in [1.82, 2.24) is 58.6 Å². The van der Waals surface area contributed by atoms with Crippen molar-refractivity contribution < 1.29 is 94.4 Å². The number of fused-ring (bicyclic) bond motifs is 4. The van der Waals surface area contributed by atoms with E-state index in [9.17, 15) is 43.4 Å². The standard InChI is InChI=1S/C46H66N15O20P3S/c1-3-4-5-6-7-8-9-11-27(62)72-14-15-85-84(69,70)75-17-26-33(71-2)35(45(78-26)61-24-58-30-39(49)52-21-55-42(30)61)81-82(65,66)74-16-25-31(63)34(44(77-25)60-23-57-29-38(48)51-20-54-41(29)60)80-83(67,68)76-18-46-12-10-13-73-36(46)32(64)43(79-46)59-22-56-28-37(47)50-19-53-40(28)59/h19-26,31-36,43-45,63-64H,3-18H2,1-2H3,(H,65,66)(H,67,68)(H,69,70)(H2,47,50,53)(H2,48,51,54)(H2,49,52,55)/t25-,26-,31?,32+,33?,34+,35+,36?,43-,44-,45-,46-/m1/s1. The number of aliphatic hydroxyl groups excluding tert-OH is 2. The van der Waals surface area contributed by atoms with E-state index in [2.05, 4.69) is 51.8 Å². The number of phosphoric ester groups is 2. The second-order valence-corrected chi connectivity index (χ2v) is 27.2. The first kappa shape index (κ1) is 63.0. The number of methoxy groups -OCH3 is 1. The molecule has 466 valence electrons. The number of carbonyl (C=O) groups is 1. The Labute approximate surface area is 487 Å². The highest BCUT2D eigenvalue weighted by Crippen LogP contribution is 2.57. The van der Waals surface area contributed by atoms with Crippen LogP contribution in [-0.2, 0) is 69.5 Å². The fourth-order valence-electron chi connectivity index (χ4n) is 10.6. The van der Waals surface area contributed by atoms with Crippen LogP contribution in [0.2, 0.25) is 0 Å². The zero-order valence-corrected chi connectivity index (χ0v) is 49.3. The maximum absolute atomic E-state index is 14.2. The highest BCUT2D eigenvalue weighted by atomic mass is 32.7. The maximum atomic E-state index is 14.2. The molecule has 0 amide bonds. The number of hydrogen-bond donors (Lipinski definition) is 8. The first-order chi connectivity index (χ1) is 40.7. The zero-order valence-electron chi connectivity index (χ0n) is 45.8. The van der Waals surface area contributed by atoms with E-state index in [4.69, 9.17) is 68.2 Å². The molecular formula is C46H66N15O20P3S. The van der Waals surface area contributed by atoms with Gasteiger partial charge >= 0.3 is 28.4 Å². The minimum Gasteiger partial charge on any atom is -0.465 e. The predicted octanol–water partition coefficient (Wildman–Crippen LogP) is 2.77. The van der Waals surface area contributed by atoms with Gasteiger partial charge in [0, 0.05) is 25.9 Å². The molecule has 39 heteroatoms. The second kappa shape index (κ2) is 26.7. The van der Waals surface area contributed by atoms with Crippen LogP contribution in [0.3, 0.4) is 0 Å². The number of hydrogen-bond acceptors (Lipinski definition) is 30. The molecule has 4 aliphatic heterocycles.